The van der Waals surface area contributed by atoms with E-state index in [4.69, 9.17) is 10.1 Å². The molecule has 3 N–H and O–H groups in total. The van der Waals surface area contributed by atoms with E-state index in [9.17, 15) is 18.0 Å². The van der Waals surface area contributed by atoms with Gasteiger partial charge in [0.05, 0.1) is 17.8 Å². The van der Waals surface area contributed by atoms with E-state index in [0.717, 1.165) is 11.8 Å². The van der Waals surface area contributed by atoms with Crippen LogP contribution in [0.5, 0.6) is 0 Å². The number of rotatable bonds is 6. The zero-order chi connectivity index (χ0) is 25.2. The molecule has 2 aromatic rings. The number of allylic oxidation sites excluding steroid dienone is 1. The number of nitrogens with zero attached hydrogens (tertiary/aromatic N) is 2. The highest BCUT2D eigenvalue weighted by molar-refractivity contribution is 6.08. The molecule has 2 saturated heterocycles. The molecule has 186 valence electrons. The molecule has 0 bridgehead atoms. The number of carbonyl (C=O) groups is 1. The van der Waals surface area contributed by atoms with Crippen molar-refractivity contribution >= 4 is 23.6 Å². The monoisotopic (exact) mass is 487 g/mol. The van der Waals surface area contributed by atoms with Gasteiger partial charge in [-0.1, -0.05) is 24.3 Å². The van der Waals surface area contributed by atoms with Crippen molar-refractivity contribution in [3.8, 4) is 11.1 Å². The quantitative estimate of drug-likeness (QED) is 0.508. The minimum absolute atomic E-state index is 0.0803. The van der Waals surface area contributed by atoms with E-state index in [1.807, 2.05) is 13.8 Å². The molecule has 0 aliphatic carbocycles. The summed E-state index contributed by atoms with van der Waals surface area (Å²) in [6.45, 7) is 4.96. The Bertz CT molecular complexity index is 1120. The summed E-state index contributed by atoms with van der Waals surface area (Å²) in [6.07, 6.45) is 1.10. The first-order valence-corrected chi connectivity index (χ1v) is 11.5. The Hall–Kier alpha value is -3.56. The maximum absolute atomic E-state index is 14.0. The van der Waals surface area contributed by atoms with Crippen LogP contribution in [0, 0.1) is 5.41 Å². The molecule has 4 rings (SSSR count). The minimum Gasteiger partial charge on any atom is -0.441 e. The second-order valence-electron chi connectivity index (χ2n) is 9.14. The highest BCUT2D eigenvalue weighted by Crippen LogP contribution is 2.44. The molecule has 0 atom stereocenters. The highest BCUT2D eigenvalue weighted by Gasteiger charge is 2.45. The molecule has 0 saturated carbocycles. The number of benzene rings is 1. The third-order valence-corrected chi connectivity index (χ3v) is 6.33. The third kappa shape index (κ3) is 5.26. The van der Waals surface area contributed by atoms with Gasteiger partial charge in [0.2, 0.25) is 0 Å². The molecule has 2 aliphatic rings. The summed E-state index contributed by atoms with van der Waals surface area (Å²) in [5.41, 5.74) is 1.03. The summed E-state index contributed by atoms with van der Waals surface area (Å²) in [7, 11) is 0. The maximum Gasteiger partial charge on any atom is 0.419 e. The van der Waals surface area contributed by atoms with Crippen LogP contribution in [0.4, 0.5) is 23.7 Å². The van der Waals surface area contributed by atoms with Gasteiger partial charge < -0.3 is 25.7 Å². The molecule has 10 heteroatoms. The fourth-order valence-corrected chi connectivity index (χ4v) is 4.44. The molecular formula is C25H28F3N5O2. The van der Waals surface area contributed by atoms with Gasteiger partial charge in [0.1, 0.15) is 5.60 Å². The van der Waals surface area contributed by atoms with Gasteiger partial charge in [-0.15, -0.1) is 0 Å². The third-order valence-electron chi connectivity index (χ3n) is 6.33. The largest absolute Gasteiger partial charge is 0.441 e. The Balaban J connectivity index is 1.68. The Morgan fingerprint density at radius 3 is 2.46 bits per heavy atom. The van der Waals surface area contributed by atoms with Crippen molar-refractivity contribution < 1.29 is 22.7 Å². The lowest BCUT2D eigenvalue weighted by atomic mass is 9.90. The molecule has 7 nitrogen and oxygen atoms in total. The van der Waals surface area contributed by atoms with Crippen LogP contribution in [-0.4, -0.2) is 48.6 Å². The average molecular weight is 488 g/mol. The normalized spacial score (nSPS) is 17.9. The first-order chi connectivity index (χ1) is 16.6. The van der Waals surface area contributed by atoms with Crippen LogP contribution < -0.4 is 15.5 Å². The van der Waals surface area contributed by atoms with E-state index in [-0.39, 0.29) is 11.7 Å². The number of nitrogens with one attached hydrogen (secondary N) is 3. The lowest BCUT2D eigenvalue weighted by Gasteiger charge is -2.39. The van der Waals surface area contributed by atoms with E-state index in [1.165, 1.54) is 12.4 Å². The zero-order valence-electron chi connectivity index (χ0n) is 19.6. The summed E-state index contributed by atoms with van der Waals surface area (Å²) in [5, 5.41) is 13.5. The van der Waals surface area contributed by atoms with Gasteiger partial charge >= 0.3 is 12.3 Å². The predicted molar refractivity (Wildman–Crippen MR) is 128 cm³/mol. The van der Waals surface area contributed by atoms with Crippen molar-refractivity contribution in [2.75, 3.05) is 24.5 Å². The Labute approximate surface area is 201 Å². The lowest BCUT2D eigenvalue weighted by Crippen LogP contribution is -2.47. The van der Waals surface area contributed by atoms with Crippen LogP contribution in [-0.2, 0) is 10.9 Å². The van der Waals surface area contributed by atoms with Crippen LogP contribution >= 0.6 is 0 Å². The van der Waals surface area contributed by atoms with E-state index < -0.39 is 23.4 Å². The van der Waals surface area contributed by atoms with Gasteiger partial charge in [-0.25, -0.2) is 4.79 Å². The topological polar surface area (TPSA) is 90.3 Å². The Kier molecular flexibility index (Phi) is 6.73. The van der Waals surface area contributed by atoms with Crippen LogP contribution in [0.3, 0.4) is 0 Å². The Morgan fingerprint density at radius 2 is 1.91 bits per heavy atom. The number of anilines is 1. The van der Waals surface area contributed by atoms with Crippen molar-refractivity contribution in [2.45, 2.75) is 44.5 Å². The van der Waals surface area contributed by atoms with Gasteiger partial charge in [0, 0.05) is 67.9 Å². The van der Waals surface area contributed by atoms with Gasteiger partial charge in [0.15, 0.2) is 0 Å². The fraction of sp³-hybridized carbons (Fsp3) is 0.400. The average Bonchev–Trinajstić information content (AvgIpc) is 3.19. The first-order valence-electron chi connectivity index (χ1n) is 11.5. The molecule has 35 heavy (non-hydrogen) atoms. The number of halogens is 3. The molecule has 0 unspecified atom stereocenters. The summed E-state index contributed by atoms with van der Waals surface area (Å²) in [4.78, 5) is 17.1. The van der Waals surface area contributed by atoms with Crippen molar-refractivity contribution in [1.82, 2.24) is 15.6 Å². The molecule has 3 heterocycles. The van der Waals surface area contributed by atoms with E-state index in [2.05, 4.69) is 15.6 Å². The highest BCUT2D eigenvalue weighted by atomic mass is 19.4. The zero-order valence-corrected chi connectivity index (χ0v) is 19.6. The maximum atomic E-state index is 14.0. The number of aromatic nitrogens is 1. The van der Waals surface area contributed by atoms with Crippen molar-refractivity contribution in [1.29, 1.82) is 5.41 Å². The lowest BCUT2D eigenvalue weighted by molar-refractivity contribution is -0.137. The number of alkyl carbamates (subject to hydrolysis) is 1. The molecule has 1 aromatic carbocycles. The number of amides is 1. The SMILES string of the molecule is CC(C)N/C=C(\C=N)c1ccc(-c2cncc(C(F)(F)F)c2N2CCC3(CC2)CNC(=O)O3)cc1. The van der Waals surface area contributed by atoms with E-state index in [0.29, 0.717) is 49.2 Å². The number of piperidine rings is 1. The van der Waals surface area contributed by atoms with Gasteiger partial charge in [0.25, 0.3) is 0 Å². The second kappa shape index (κ2) is 9.59. The molecule has 2 aliphatic heterocycles. The van der Waals surface area contributed by atoms with Crippen LogP contribution in [0.2, 0.25) is 0 Å². The van der Waals surface area contributed by atoms with Crippen molar-refractivity contribution in [3.63, 3.8) is 0 Å². The summed E-state index contributed by atoms with van der Waals surface area (Å²) in [6, 6.07) is 7.27. The van der Waals surface area contributed by atoms with Gasteiger partial charge in [-0.3, -0.25) is 4.98 Å². The number of hydrogen-bond donors (Lipinski definition) is 3. The first kappa shape index (κ1) is 24.6. The minimum atomic E-state index is -4.58. The van der Waals surface area contributed by atoms with Crippen LogP contribution in [0.15, 0.2) is 42.9 Å². The van der Waals surface area contributed by atoms with Crippen LogP contribution in [0.25, 0.3) is 16.7 Å². The smallest absolute Gasteiger partial charge is 0.419 e. The predicted octanol–water partition coefficient (Wildman–Crippen LogP) is 4.83. The molecule has 1 spiro atoms. The number of pyridine rings is 1. The second-order valence-corrected chi connectivity index (χ2v) is 9.14. The molecule has 1 aromatic heterocycles. The van der Waals surface area contributed by atoms with Crippen LogP contribution in [0.1, 0.15) is 37.8 Å². The molecular weight excluding hydrogens is 459 g/mol. The summed E-state index contributed by atoms with van der Waals surface area (Å²) >= 11 is 0. The summed E-state index contributed by atoms with van der Waals surface area (Å²) in [5.74, 6) is 0. The van der Waals surface area contributed by atoms with E-state index in [1.54, 1.807) is 35.4 Å². The van der Waals surface area contributed by atoms with Gasteiger partial charge in [-0.05, 0) is 25.0 Å². The molecule has 1 amide bonds. The van der Waals surface area contributed by atoms with Crippen molar-refractivity contribution in [3.05, 3.63) is 54.0 Å². The van der Waals surface area contributed by atoms with E-state index >= 15 is 0 Å². The standard InChI is InChI=1S/C25H28F3N5O2/c1-16(2)31-12-19(11-29)17-3-5-18(6-4-17)20-13-30-14-21(25(26,27)28)22(20)33-9-7-24(8-10-33)15-32-23(34)35-24/h3-6,11-14,16,29,31H,7-10,15H2,1-2H3,(H,32,34)/b19-12+,29-11?. The van der Waals surface area contributed by atoms with Gasteiger partial charge in [-0.2, -0.15) is 13.2 Å². The van der Waals surface area contributed by atoms with Crippen molar-refractivity contribution in [2.24, 2.45) is 0 Å². The molecule has 0 radical (unpaired) electrons. The molecule has 2 fully saturated rings. The summed E-state index contributed by atoms with van der Waals surface area (Å²) < 4.78 is 47.5. The Morgan fingerprint density at radius 1 is 1.23 bits per heavy atom. The number of hydrogen-bond acceptors (Lipinski definition) is 6. The number of alkyl halides is 3. The fourth-order valence-electron chi connectivity index (χ4n) is 4.44. The number of carbonyl (C=O) groups excluding carboxylic acids is 1. The number of ether oxygens (including phenoxy) is 1.